The summed E-state index contributed by atoms with van der Waals surface area (Å²) >= 11 is 0. The molecular formula is C8H4F6. The molecule has 0 saturated carbocycles. The smallest absolute Gasteiger partial charge is 0.206 e. The zero-order valence-electron chi connectivity index (χ0n) is 6.85. The van der Waals surface area contributed by atoms with Gasteiger partial charge < -0.3 is 0 Å². The second-order valence-electron chi connectivity index (χ2n) is 2.73. The standard InChI is InChI=1S/C8H4F6/c1-8(13,14)5-3(9)2-4(10)6(11)7(5)12/h2H,1H3. The number of hydrogen-bond acceptors (Lipinski definition) is 0. The summed E-state index contributed by atoms with van der Waals surface area (Å²) in [7, 11) is 0. The third-order valence-electron chi connectivity index (χ3n) is 1.55. The molecule has 0 radical (unpaired) electrons. The van der Waals surface area contributed by atoms with Gasteiger partial charge in [0, 0.05) is 13.0 Å². The predicted molar refractivity (Wildman–Crippen MR) is 35.8 cm³/mol. The van der Waals surface area contributed by atoms with Crippen LogP contribution in [0.15, 0.2) is 6.07 Å². The Bertz CT molecular complexity index is 365. The first-order chi connectivity index (χ1) is 6.25. The van der Waals surface area contributed by atoms with Crippen LogP contribution in [0.4, 0.5) is 26.3 Å². The fourth-order valence-electron chi connectivity index (χ4n) is 0.969. The normalized spacial score (nSPS) is 11.9. The molecule has 78 valence electrons. The van der Waals surface area contributed by atoms with Crippen molar-refractivity contribution >= 4 is 0 Å². The van der Waals surface area contributed by atoms with E-state index in [0.29, 0.717) is 0 Å². The van der Waals surface area contributed by atoms with E-state index in [1.54, 1.807) is 0 Å². The molecule has 0 amide bonds. The van der Waals surface area contributed by atoms with E-state index in [0.717, 1.165) is 0 Å². The van der Waals surface area contributed by atoms with Gasteiger partial charge in [-0.1, -0.05) is 0 Å². The van der Waals surface area contributed by atoms with E-state index in [1.165, 1.54) is 0 Å². The maximum absolute atomic E-state index is 12.7. The minimum absolute atomic E-state index is 0.120. The molecule has 1 rings (SSSR count). The molecule has 0 unspecified atom stereocenters. The van der Waals surface area contributed by atoms with Crippen molar-refractivity contribution < 1.29 is 26.3 Å². The lowest BCUT2D eigenvalue weighted by atomic mass is 10.1. The van der Waals surface area contributed by atoms with Gasteiger partial charge in [0.1, 0.15) is 5.82 Å². The highest BCUT2D eigenvalue weighted by molar-refractivity contribution is 5.25. The van der Waals surface area contributed by atoms with Crippen LogP contribution in [0, 0.1) is 23.3 Å². The molecule has 6 heteroatoms. The average molecular weight is 214 g/mol. The molecule has 1 aromatic carbocycles. The molecule has 0 N–H and O–H groups in total. The van der Waals surface area contributed by atoms with Crippen LogP contribution >= 0.6 is 0 Å². The third kappa shape index (κ3) is 1.69. The van der Waals surface area contributed by atoms with Gasteiger partial charge in [0.05, 0.1) is 5.56 Å². The van der Waals surface area contributed by atoms with Crippen molar-refractivity contribution in [2.45, 2.75) is 12.8 Å². The Morgan fingerprint density at radius 2 is 1.43 bits per heavy atom. The van der Waals surface area contributed by atoms with Crippen molar-refractivity contribution in [1.82, 2.24) is 0 Å². The SMILES string of the molecule is CC(F)(F)c1c(F)cc(F)c(F)c1F. The van der Waals surface area contributed by atoms with E-state index >= 15 is 0 Å². The topological polar surface area (TPSA) is 0 Å². The second kappa shape index (κ2) is 3.18. The molecule has 0 saturated heterocycles. The van der Waals surface area contributed by atoms with Crippen LogP contribution in [-0.4, -0.2) is 0 Å². The summed E-state index contributed by atoms with van der Waals surface area (Å²) in [6.07, 6.45) is 0. The Balaban J connectivity index is 3.53. The molecule has 0 aromatic heterocycles. The minimum Gasteiger partial charge on any atom is -0.206 e. The molecule has 1 aromatic rings. The van der Waals surface area contributed by atoms with Gasteiger partial charge in [0.2, 0.25) is 0 Å². The van der Waals surface area contributed by atoms with E-state index < -0.39 is 34.8 Å². The maximum Gasteiger partial charge on any atom is 0.276 e. The van der Waals surface area contributed by atoms with Crippen molar-refractivity contribution in [2.24, 2.45) is 0 Å². The van der Waals surface area contributed by atoms with Crippen LogP contribution in [0.5, 0.6) is 0 Å². The first-order valence-electron chi connectivity index (χ1n) is 3.46. The molecule has 0 aliphatic rings. The Morgan fingerprint density at radius 3 is 1.86 bits per heavy atom. The largest absolute Gasteiger partial charge is 0.276 e. The van der Waals surface area contributed by atoms with E-state index in [2.05, 4.69) is 0 Å². The minimum atomic E-state index is -3.90. The van der Waals surface area contributed by atoms with Crippen LogP contribution in [0.1, 0.15) is 12.5 Å². The lowest BCUT2D eigenvalue weighted by Gasteiger charge is -2.12. The molecule has 0 aliphatic heterocycles. The van der Waals surface area contributed by atoms with Crippen molar-refractivity contribution in [3.05, 3.63) is 34.9 Å². The summed E-state index contributed by atoms with van der Waals surface area (Å²) in [6, 6.07) is -0.120. The Morgan fingerprint density at radius 1 is 0.929 bits per heavy atom. The molecule has 0 aliphatic carbocycles. The molecular weight excluding hydrogens is 210 g/mol. The maximum atomic E-state index is 12.7. The number of rotatable bonds is 1. The first-order valence-corrected chi connectivity index (χ1v) is 3.46. The van der Waals surface area contributed by atoms with Crippen LogP contribution < -0.4 is 0 Å². The molecule has 0 heterocycles. The van der Waals surface area contributed by atoms with Crippen LogP contribution in [0.25, 0.3) is 0 Å². The van der Waals surface area contributed by atoms with Gasteiger partial charge in [0.25, 0.3) is 5.92 Å². The van der Waals surface area contributed by atoms with Crippen LogP contribution in [0.2, 0.25) is 0 Å². The highest BCUT2D eigenvalue weighted by atomic mass is 19.3. The van der Waals surface area contributed by atoms with Crippen molar-refractivity contribution in [2.75, 3.05) is 0 Å². The van der Waals surface area contributed by atoms with Gasteiger partial charge in [-0.3, -0.25) is 0 Å². The summed E-state index contributed by atoms with van der Waals surface area (Å²) in [5, 5.41) is 0. The summed E-state index contributed by atoms with van der Waals surface area (Å²) in [6.45, 7) is 0.186. The Kier molecular flexibility index (Phi) is 2.47. The highest BCUT2D eigenvalue weighted by Crippen LogP contribution is 2.33. The molecule has 0 spiro atoms. The van der Waals surface area contributed by atoms with Gasteiger partial charge >= 0.3 is 0 Å². The zero-order chi connectivity index (χ0) is 11.1. The summed E-state index contributed by atoms with van der Waals surface area (Å²) in [5.74, 6) is -11.9. The molecule has 0 atom stereocenters. The summed E-state index contributed by atoms with van der Waals surface area (Å²) < 4.78 is 75.1. The van der Waals surface area contributed by atoms with Crippen molar-refractivity contribution in [3.8, 4) is 0 Å². The first kappa shape index (κ1) is 10.9. The zero-order valence-corrected chi connectivity index (χ0v) is 6.85. The molecule has 0 fully saturated rings. The summed E-state index contributed by atoms with van der Waals surface area (Å²) in [4.78, 5) is 0. The van der Waals surface area contributed by atoms with E-state index in [4.69, 9.17) is 0 Å². The van der Waals surface area contributed by atoms with E-state index in [-0.39, 0.29) is 13.0 Å². The van der Waals surface area contributed by atoms with Gasteiger partial charge in [-0.25, -0.2) is 26.3 Å². The highest BCUT2D eigenvalue weighted by Gasteiger charge is 2.35. The average Bonchev–Trinajstić information content (AvgIpc) is 1.97. The number of halogens is 6. The fourth-order valence-corrected chi connectivity index (χ4v) is 0.969. The Labute approximate surface area is 75.2 Å². The van der Waals surface area contributed by atoms with Crippen molar-refractivity contribution in [1.29, 1.82) is 0 Å². The van der Waals surface area contributed by atoms with Gasteiger partial charge in [-0.05, 0) is 0 Å². The predicted octanol–water partition coefficient (Wildman–Crippen LogP) is 3.35. The van der Waals surface area contributed by atoms with Crippen LogP contribution in [0.3, 0.4) is 0 Å². The Hall–Kier alpha value is -1.20. The number of alkyl halides is 2. The van der Waals surface area contributed by atoms with Crippen molar-refractivity contribution in [3.63, 3.8) is 0 Å². The van der Waals surface area contributed by atoms with E-state index in [1.807, 2.05) is 0 Å². The van der Waals surface area contributed by atoms with Gasteiger partial charge in [-0.2, -0.15) is 0 Å². The third-order valence-corrected chi connectivity index (χ3v) is 1.55. The second-order valence-corrected chi connectivity index (χ2v) is 2.73. The summed E-state index contributed by atoms with van der Waals surface area (Å²) in [5.41, 5.74) is -1.77. The lowest BCUT2D eigenvalue weighted by Crippen LogP contribution is -2.15. The monoisotopic (exact) mass is 214 g/mol. The van der Waals surface area contributed by atoms with Crippen LogP contribution in [-0.2, 0) is 5.92 Å². The lowest BCUT2D eigenvalue weighted by molar-refractivity contribution is 0.00883. The number of hydrogen-bond donors (Lipinski definition) is 0. The van der Waals surface area contributed by atoms with Gasteiger partial charge in [0.15, 0.2) is 17.5 Å². The van der Waals surface area contributed by atoms with Gasteiger partial charge in [-0.15, -0.1) is 0 Å². The number of benzene rings is 1. The molecule has 14 heavy (non-hydrogen) atoms. The molecule has 0 bridgehead atoms. The van der Waals surface area contributed by atoms with E-state index in [9.17, 15) is 26.3 Å². The quantitative estimate of drug-likeness (QED) is 0.382. The molecule has 0 nitrogen and oxygen atoms in total. The fraction of sp³-hybridized carbons (Fsp3) is 0.250.